The number of hydrogen-bond donors (Lipinski definition) is 3. The van der Waals surface area contributed by atoms with Crippen LogP contribution >= 0.6 is 7.60 Å². The van der Waals surface area contributed by atoms with Crippen molar-refractivity contribution in [2.24, 2.45) is 5.92 Å². The predicted octanol–water partition coefficient (Wildman–Crippen LogP) is 3.41. The Kier molecular flexibility index (Phi) is 6.39. The molecule has 0 aliphatic heterocycles. The van der Waals surface area contributed by atoms with Gasteiger partial charge in [0, 0.05) is 13.1 Å². The molecule has 1 heterocycles. The molecule has 0 saturated carbocycles. The minimum absolute atomic E-state index is 0.0226. The first kappa shape index (κ1) is 21.1. The van der Waals surface area contributed by atoms with Crippen molar-refractivity contribution in [2.75, 3.05) is 11.9 Å². The Morgan fingerprint density at radius 3 is 2.55 bits per heavy atom. The molecule has 0 spiro atoms. The standard InChI is InChI=1S/C21H25N4O3P/c1-15(2)9-11-23-21-24-19-13-17(14-22)5-8-20(19)25(21)12-10-16-3-6-18(7-4-16)29(26,27)28/h3-8,13,15H,9-12H2,1-2H3,(H,23,24)(H2,26,27,28). The summed E-state index contributed by atoms with van der Waals surface area (Å²) >= 11 is 0. The Morgan fingerprint density at radius 2 is 1.93 bits per heavy atom. The van der Waals surface area contributed by atoms with Gasteiger partial charge in [-0.15, -0.1) is 0 Å². The number of fused-ring (bicyclic) bond motifs is 1. The van der Waals surface area contributed by atoms with Crippen LogP contribution in [0.25, 0.3) is 11.0 Å². The molecule has 0 aliphatic rings. The normalized spacial score (nSPS) is 11.7. The number of nitriles is 1. The quantitative estimate of drug-likeness (QED) is 0.489. The molecule has 7 nitrogen and oxygen atoms in total. The van der Waals surface area contributed by atoms with Crippen molar-refractivity contribution in [3.8, 4) is 6.07 Å². The van der Waals surface area contributed by atoms with E-state index in [1.54, 1.807) is 24.3 Å². The first-order valence-electron chi connectivity index (χ1n) is 9.57. The molecule has 0 bridgehead atoms. The zero-order valence-electron chi connectivity index (χ0n) is 16.5. The van der Waals surface area contributed by atoms with Crippen molar-refractivity contribution in [1.29, 1.82) is 5.26 Å². The summed E-state index contributed by atoms with van der Waals surface area (Å²) < 4.78 is 13.4. The van der Waals surface area contributed by atoms with Crippen LogP contribution in [-0.2, 0) is 17.5 Å². The van der Waals surface area contributed by atoms with Crippen LogP contribution in [0.15, 0.2) is 42.5 Å². The maximum absolute atomic E-state index is 11.3. The van der Waals surface area contributed by atoms with Gasteiger partial charge in [-0.05, 0) is 54.7 Å². The maximum atomic E-state index is 11.3. The molecule has 3 rings (SSSR count). The van der Waals surface area contributed by atoms with Crippen LogP contribution in [0.2, 0.25) is 0 Å². The van der Waals surface area contributed by atoms with Crippen LogP contribution in [0.4, 0.5) is 5.95 Å². The molecule has 1 aromatic heterocycles. The van der Waals surface area contributed by atoms with E-state index in [-0.39, 0.29) is 5.30 Å². The number of imidazole rings is 1. The van der Waals surface area contributed by atoms with Crippen molar-refractivity contribution >= 4 is 29.9 Å². The minimum atomic E-state index is -4.23. The molecule has 29 heavy (non-hydrogen) atoms. The SMILES string of the molecule is CC(C)CCNc1nc2cc(C#N)ccc2n1CCc1ccc(P(=O)(O)O)cc1. The summed E-state index contributed by atoms with van der Waals surface area (Å²) in [6, 6.07) is 14.1. The van der Waals surface area contributed by atoms with Crippen molar-refractivity contribution in [3.05, 3.63) is 53.6 Å². The van der Waals surface area contributed by atoms with E-state index < -0.39 is 7.60 Å². The molecule has 0 radical (unpaired) electrons. The predicted molar refractivity (Wildman–Crippen MR) is 114 cm³/mol. The van der Waals surface area contributed by atoms with Crippen molar-refractivity contribution < 1.29 is 14.4 Å². The van der Waals surface area contributed by atoms with E-state index >= 15 is 0 Å². The monoisotopic (exact) mass is 412 g/mol. The van der Waals surface area contributed by atoms with Gasteiger partial charge >= 0.3 is 7.60 Å². The Balaban J connectivity index is 1.84. The topological polar surface area (TPSA) is 111 Å². The number of aromatic nitrogens is 2. The molecule has 3 N–H and O–H groups in total. The van der Waals surface area contributed by atoms with Gasteiger partial charge in [0.1, 0.15) is 0 Å². The van der Waals surface area contributed by atoms with Gasteiger partial charge in [-0.2, -0.15) is 5.26 Å². The summed E-state index contributed by atoms with van der Waals surface area (Å²) in [5.74, 6) is 1.35. The van der Waals surface area contributed by atoms with Crippen LogP contribution < -0.4 is 10.6 Å². The molecule has 0 unspecified atom stereocenters. The lowest BCUT2D eigenvalue weighted by atomic mass is 10.1. The number of aryl methyl sites for hydroxylation is 2. The van der Waals surface area contributed by atoms with Gasteiger partial charge in [0.15, 0.2) is 0 Å². The Bertz CT molecular complexity index is 1080. The second-order valence-electron chi connectivity index (χ2n) is 7.47. The zero-order valence-corrected chi connectivity index (χ0v) is 17.4. The minimum Gasteiger partial charge on any atom is -0.356 e. The van der Waals surface area contributed by atoms with E-state index in [1.165, 1.54) is 12.1 Å². The van der Waals surface area contributed by atoms with Crippen LogP contribution in [0, 0.1) is 17.2 Å². The summed E-state index contributed by atoms with van der Waals surface area (Å²) in [4.78, 5) is 23.2. The van der Waals surface area contributed by atoms with Gasteiger partial charge in [-0.1, -0.05) is 26.0 Å². The number of benzene rings is 2. The van der Waals surface area contributed by atoms with Crippen molar-refractivity contribution in [2.45, 2.75) is 33.2 Å². The highest BCUT2D eigenvalue weighted by atomic mass is 31.2. The van der Waals surface area contributed by atoms with Gasteiger partial charge in [-0.25, -0.2) is 4.98 Å². The third-order valence-electron chi connectivity index (χ3n) is 4.78. The second kappa shape index (κ2) is 8.79. The summed E-state index contributed by atoms with van der Waals surface area (Å²) in [5.41, 5.74) is 3.27. The van der Waals surface area contributed by atoms with E-state index in [9.17, 15) is 14.4 Å². The molecule has 0 amide bonds. The highest BCUT2D eigenvalue weighted by Crippen LogP contribution is 2.33. The lowest BCUT2D eigenvalue weighted by molar-refractivity contribution is 0.387. The van der Waals surface area contributed by atoms with Gasteiger partial charge < -0.3 is 19.7 Å². The van der Waals surface area contributed by atoms with Gasteiger partial charge in [0.2, 0.25) is 5.95 Å². The molecule has 0 atom stereocenters. The fourth-order valence-electron chi connectivity index (χ4n) is 3.13. The lowest BCUT2D eigenvalue weighted by Crippen LogP contribution is -2.12. The van der Waals surface area contributed by atoms with E-state index in [2.05, 4.69) is 34.8 Å². The van der Waals surface area contributed by atoms with Gasteiger partial charge in [0.05, 0.1) is 28.0 Å². The highest BCUT2D eigenvalue weighted by Gasteiger charge is 2.16. The van der Waals surface area contributed by atoms with Crippen molar-refractivity contribution in [3.63, 3.8) is 0 Å². The van der Waals surface area contributed by atoms with Crippen LogP contribution in [0.1, 0.15) is 31.4 Å². The molecule has 0 saturated heterocycles. The largest absolute Gasteiger partial charge is 0.356 e. The number of anilines is 1. The smallest absolute Gasteiger partial charge is 0.356 e. The first-order chi connectivity index (χ1) is 13.8. The molecule has 0 fully saturated rings. The molecular weight excluding hydrogens is 387 g/mol. The fraction of sp³-hybridized carbons (Fsp3) is 0.333. The number of nitrogens with zero attached hydrogens (tertiary/aromatic N) is 3. The summed E-state index contributed by atoms with van der Waals surface area (Å²) in [7, 11) is -4.23. The summed E-state index contributed by atoms with van der Waals surface area (Å²) in [6.45, 7) is 5.81. The third kappa shape index (κ3) is 5.24. The fourth-order valence-corrected chi connectivity index (χ4v) is 3.67. The van der Waals surface area contributed by atoms with Crippen LogP contribution in [0.5, 0.6) is 0 Å². The zero-order chi connectivity index (χ0) is 21.0. The van der Waals surface area contributed by atoms with Gasteiger partial charge in [-0.3, -0.25) is 4.57 Å². The highest BCUT2D eigenvalue weighted by molar-refractivity contribution is 7.60. The Labute approximate surface area is 170 Å². The maximum Gasteiger partial charge on any atom is 0.356 e. The lowest BCUT2D eigenvalue weighted by Gasteiger charge is -2.12. The van der Waals surface area contributed by atoms with E-state index in [0.29, 0.717) is 24.4 Å². The molecule has 0 aliphatic carbocycles. The number of nitrogens with one attached hydrogen (secondary N) is 1. The van der Waals surface area contributed by atoms with Crippen LogP contribution in [0.3, 0.4) is 0 Å². The average molecular weight is 412 g/mol. The van der Waals surface area contributed by atoms with Gasteiger partial charge in [0.25, 0.3) is 0 Å². The first-order valence-corrected chi connectivity index (χ1v) is 11.2. The molecule has 152 valence electrons. The Hall–Kier alpha value is -2.65. The van der Waals surface area contributed by atoms with E-state index in [4.69, 9.17) is 5.26 Å². The second-order valence-corrected chi connectivity index (χ2v) is 9.08. The molecule has 2 aromatic carbocycles. The number of rotatable bonds is 8. The molecule has 3 aromatic rings. The average Bonchev–Trinajstić information content (AvgIpc) is 3.02. The summed E-state index contributed by atoms with van der Waals surface area (Å²) in [5, 5.41) is 12.6. The summed E-state index contributed by atoms with van der Waals surface area (Å²) in [6.07, 6.45) is 1.71. The van der Waals surface area contributed by atoms with E-state index in [1.807, 2.05) is 6.07 Å². The van der Waals surface area contributed by atoms with Crippen molar-refractivity contribution in [1.82, 2.24) is 9.55 Å². The third-order valence-corrected chi connectivity index (χ3v) is 5.75. The molecular formula is C21H25N4O3P. The Morgan fingerprint density at radius 1 is 1.21 bits per heavy atom. The van der Waals surface area contributed by atoms with E-state index in [0.717, 1.165) is 35.5 Å². The molecule has 8 heteroatoms. The van der Waals surface area contributed by atoms with Crippen LogP contribution in [-0.4, -0.2) is 25.9 Å². The number of hydrogen-bond acceptors (Lipinski definition) is 4.